The van der Waals surface area contributed by atoms with Crippen LogP contribution in [0.25, 0.3) is 11.1 Å². The monoisotopic (exact) mass is 354 g/mol. The van der Waals surface area contributed by atoms with E-state index < -0.39 is 0 Å². The summed E-state index contributed by atoms with van der Waals surface area (Å²) in [4.78, 5) is 14.6. The van der Waals surface area contributed by atoms with Gasteiger partial charge < -0.3 is 15.4 Å². The van der Waals surface area contributed by atoms with Crippen molar-refractivity contribution >= 4 is 5.91 Å². The summed E-state index contributed by atoms with van der Waals surface area (Å²) in [5.41, 5.74) is 8.21. The minimum Gasteiger partial charge on any atom is -0.496 e. The van der Waals surface area contributed by atoms with Gasteiger partial charge in [0, 0.05) is 25.0 Å². The quantitative estimate of drug-likeness (QED) is 0.918. The SMILES string of the molecule is COc1cccc(F)c1-c1ccccc1C1CC1C(=O)N1CCC(N)C1. The van der Waals surface area contributed by atoms with E-state index in [1.165, 1.54) is 6.07 Å². The van der Waals surface area contributed by atoms with E-state index in [9.17, 15) is 9.18 Å². The first-order valence-corrected chi connectivity index (χ1v) is 9.06. The number of methoxy groups -OCH3 is 1. The second-order valence-corrected chi connectivity index (χ2v) is 7.19. The van der Waals surface area contributed by atoms with Crippen molar-refractivity contribution in [3.63, 3.8) is 0 Å². The lowest BCUT2D eigenvalue weighted by Gasteiger charge is -2.17. The zero-order chi connectivity index (χ0) is 18.3. The van der Waals surface area contributed by atoms with Gasteiger partial charge in [-0.1, -0.05) is 30.3 Å². The van der Waals surface area contributed by atoms with Crippen LogP contribution in [-0.4, -0.2) is 37.0 Å². The smallest absolute Gasteiger partial charge is 0.226 e. The van der Waals surface area contributed by atoms with Crippen molar-refractivity contribution < 1.29 is 13.9 Å². The molecule has 2 fully saturated rings. The van der Waals surface area contributed by atoms with Crippen LogP contribution in [0, 0.1) is 11.7 Å². The lowest BCUT2D eigenvalue weighted by atomic mass is 9.94. The number of amides is 1. The summed E-state index contributed by atoms with van der Waals surface area (Å²) in [6, 6.07) is 12.7. The molecule has 26 heavy (non-hydrogen) atoms. The summed E-state index contributed by atoms with van der Waals surface area (Å²) in [6.07, 6.45) is 1.67. The van der Waals surface area contributed by atoms with E-state index in [2.05, 4.69) is 0 Å². The van der Waals surface area contributed by atoms with Gasteiger partial charge in [0.15, 0.2) is 0 Å². The zero-order valence-corrected chi connectivity index (χ0v) is 14.8. The minimum absolute atomic E-state index is 0.0285. The Kier molecular flexibility index (Phi) is 4.41. The lowest BCUT2D eigenvalue weighted by Crippen LogP contribution is -2.33. The molecule has 136 valence electrons. The van der Waals surface area contributed by atoms with Crippen molar-refractivity contribution in [1.82, 2.24) is 4.90 Å². The fourth-order valence-corrected chi connectivity index (χ4v) is 4.02. The predicted molar refractivity (Wildman–Crippen MR) is 98.4 cm³/mol. The van der Waals surface area contributed by atoms with Gasteiger partial charge in [-0.05, 0) is 42.0 Å². The molecule has 3 atom stereocenters. The highest BCUT2D eigenvalue weighted by Crippen LogP contribution is 2.52. The topological polar surface area (TPSA) is 55.6 Å². The Balaban J connectivity index is 1.64. The minimum atomic E-state index is -0.314. The Morgan fingerprint density at radius 3 is 2.77 bits per heavy atom. The van der Waals surface area contributed by atoms with E-state index in [4.69, 9.17) is 10.5 Å². The van der Waals surface area contributed by atoms with Crippen LogP contribution in [0.1, 0.15) is 24.3 Å². The van der Waals surface area contributed by atoms with Gasteiger partial charge in [-0.2, -0.15) is 0 Å². The van der Waals surface area contributed by atoms with Gasteiger partial charge >= 0.3 is 0 Å². The standard InChI is InChI=1S/C21H23FN2O2/c1-26-19-8-4-7-18(22)20(19)15-6-3-2-5-14(15)16-11-17(16)21(25)24-10-9-13(23)12-24/h2-8,13,16-17H,9-12,23H2,1H3. The number of carbonyl (C=O) groups is 1. The first kappa shape index (κ1) is 17.0. The van der Waals surface area contributed by atoms with E-state index in [1.54, 1.807) is 19.2 Å². The summed E-state index contributed by atoms with van der Waals surface area (Å²) < 4.78 is 19.9. The number of benzene rings is 2. The van der Waals surface area contributed by atoms with Crippen LogP contribution in [0.4, 0.5) is 4.39 Å². The molecule has 0 bridgehead atoms. The van der Waals surface area contributed by atoms with Crippen LogP contribution < -0.4 is 10.5 Å². The second-order valence-electron chi connectivity index (χ2n) is 7.19. The second kappa shape index (κ2) is 6.72. The van der Waals surface area contributed by atoms with Gasteiger partial charge in [-0.3, -0.25) is 4.79 Å². The summed E-state index contributed by atoms with van der Waals surface area (Å²) in [5, 5.41) is 0. The molecular weight excluding hydrogens is 331 g/mol. The third kappa shape index (κ3) is 2.97. The number of carbonyl (C=O) groups excluding carboxylic acids is 1. The summed E-state index contributed by atoms with van der Waals surface area (Å²) in [7, 11) is 1.54. The van der Waals surface area contributed by atoms with Gasteiger partial charge in [-0.15, -0.1) is 0 Å². The molecule has 1 saturated heterocycles. The number of nitrogens with two attached hydrogens (primary N) is 1. The summed E-state index contributed by atoms with van der Waals surface area (Å²) >= 11 is 0. The molecule has 1 aliphatic carbocycles. The molecule has 1 amide bonds. The maximum Gasteiger partial charge on any atom is 0.226 e. The van der Waals surface area contributed by atoms with Crippen LogP contribution in [-0.2, 0) is 4.79 Å². The zero-order valence-electron chi connectivity index (χ0n) is 14.8. The number of nitrogens with zero attached hydrogens (tertiary/aromatic N) is 1. The fourth-order valence-electron chi connectivity index (χ4n) is 4.02. The number of ether oxygens (including phenoxy) is 1. The molecule has 1 aliphatic heterocycles. The Bertz CT molecular complexity index is 839. The third-order valence-corrected chi connectivity index (χ3v) is 5.47. The van der Waals surface area contributed by atoms with E-state index >= 15 is 0 Å². The Morgan fingerprint density at radius 1 is 1.23 bits per heavy atom. The molecule has 0 spiro atoms. The Hall–Kier alpha value is -2.40. The molecular formula is C21H23FN2O2. The van der Waals surface area contributed by atoms with Crippen LogP contribution in [0.2, 0.25) is 0 Å². The van der Waals surface area contributed by atoms with Crippen molar-refractivity contribution in [3.05, 3.63) is 53.8 Å². The first-order chi connectivity index (χ1) is 12.6. The summed E-state index contributed by atoms with van der Waals surface area (Å²) in [6.45, 7) is 1.39. The van der Waals surface area contributed by atoms with Crippen LogP contribution in [0.15, 0.2) is 42.5 Å². The molecule has 2 N–H and O–H groups in total. The average Bonchev–Trinajstić information content (AvgIpc) is 3.34. The Labute approximate surface area is 152 Å². The maximum absolute atomic E-state index is 14.6. The van der Waals surface area contributed by atoms with Gasteiger partial charge in [-0.25, -0.2) is 4.39 Å². The number of hydrogen-bond acceptors (Lipinski definition) is 3. The molecule has 5 heteroatoms. The van der Waals surface area contributed by atoms with Crippen molar-refractivity contribution in [2.45, 2.75) is 24.8 Å². The maximum atomic E-state index is 14.6. The average molecular weight is 354 g/mol. The number of hydrogen-bond donors (Lipinski definition) is 1. The predicted octanol–water partition coefficient (Wildman–Crippen LogP) is 3.16. The van der Waals surface area contributed by atoms with Gasteiger partial charge in [0.1, 0.15) is 11.6 Å². The highest BCUT2D eigenvalue weighted by atomic mass is 19.1. The van der Waals surface area contributed by atoms with E-state index in [-0.39, 0.29) is 29.6 Å². The molecule has 1 heterocycles. The first-order valence-electron chi connectivity index (χ1n) is 9.06. The third-order valence-electron chi connectivity index (χ3n) is 5.47. The van der Waals surface area contributed by atoms with Crippen LogP contribution in [0.5, 0.6) is 5.75 Å². The molecule has 4 rings (SSSR count). The van der Waals surface area contributed by atoms with Crippen molar-refractivity contribution in [2.24, 2.45) is 11.7 Å². The van der Waals surface area contributed by atoms with Crippen molar-refractivity contribution in [3.8, 4) is 16.9 Å². The van der Waals surface area contributed by atoms with Crippen molar-refractivity contribution in [1.29, 1.82) is 0 Å². The largest absolute Gasteiger partial charge is 0.496 e. The highest BCUT2D eigenvalue weighted by molar-refractivity contribution is 5.85. The van der Waals surface area contributed by atoms with E-state index in [0.29, 0.717) is 17.9 Å². The molecule has 3 unspecified atom stereocenters. The molecule has 2 aliphatic rings. The molecule has 0 aromatic heterocycles. The lowest BCUT2D eigenvalue weighted by molar-refractivity contribution is -0.131. The fraction of sp³-hybridized carbons (Fsp3) is 0.381. The highest BCUT2D eigenvalue weighted by Gasteiger charge is 2.47. The molecule has 2 aromatic carbocycles. The van der Waals surface area contributed by atoms with Gasteiger partial charge in [0.2, 0.25) is 5.91 Å². The van der Waals surface area contributed by atoms with Crippen LogP contribution >= 0.6 is 0 Å². The van der Waals surface area contributed by atoms with E-state index in [0.717, 1.165) is 30.5 Å². The molecule has 1 saturated carbocycles. The summed E-state index contributed by atoms with van der Waals surface area (Å²) in [5.74, 6) is 0.467. The number of likely N-dealkylation sites (tertiary alicyclic amines) is 1. The molecule has 2 aromatic rings. The number of rotatable bonds is 4. The molecule has 4 nitrogen and oxygen atoms in total. The number of halogens is 1. The Morgan fingerprint density at radius 2 is 2.04 bits per heavy atom. The van der Waals surface area contributed by atoms with Gasteiger partial charge in [0.05, 0.1) is 12.7 Å². The van der Waals surface area contributed by atoms with Crippen molar-refractivity contribution in [2.75, 3.05) is 20.2 Å². The normalized spacial score (nSPS) is 24.6. The van der Waals surface area contributed by atoms with Crippen LogP contribution in [0.3, 0.4) is 0 Å². The van der Waals surface area contributed by atoms with Gasteiger partial charge in [0.25, 0.3) is 0 Å². The van der Waals surface area contributed by atoms with E-state index in [1.807, 2.05) is 29.2 Å². The molecule has 0 radical (unpaired) electrons.